The van der Waals surface area contributed by atoms with Gasteiger partial charge in [0.05, 0.1) is 0 Å². The van der Waals surface area contributed by atoms with Crippen molar-refractivity contribution in [1.29, 1.82) is 0 Å². The third-order valence-corrected chi connectivity index (χ3v) is 3.58. The van der Waals surface area contributed by atoms with Crippen LogP contribution >= 0.6 is 11.6 Å². The highest BCUT2D eigenvalue weighted by Gasteiger charge is 2.05. The molecule has 112 valence electrons. The Morgan fingerprint density at radius 2 is 1.67 bits per heavy atom. The second-order valence-electron chi connectivity index (χ2n) is 5.11. The Morgan fingerprint density at radius 1 is 0.952 bits per heavy atom. The van der Waals surface area contributed by atoms with E-state index in [9.17, 15) is 0 Å². The number of hydrogen-bond acceptors (Lipinski definition) is 2. The van der Waals surface area contributed by atoms with Crippen LogP contribution in [0.3, 0.4) is 0 Å². The van der Waals surface area contributed by atoms with Crippen molar-refractivity contribution in [3.05, 3.63) is 65.7 Å². The van der Waals surface area contributed by atoms with Crippen LogP contribution in [-0.4, -0.2) is 37.5 Å². The molecular formula is C18H22ClNO. The third-order valence-electron chi connectivity index (χ3n) is 3.41. The first-order valence-corrected chi connectivity index (χ1v) is 7.82. The van der Waals surface area contributed by atoms with Gasteiger partial charge in [-0.25, -0.2) is 0 Å². The molecular weight excluding hydrogens is 282 g/mol. The molecule has 0 heterocycles. The van der Waals surface area contributed by atoms with Crippen LogP contribution in [-0.2, 0) is 6.42 Å². The van der Waals surface area contributed by atoms with E-state index in [0.29, 0.717) is 12.5 Å². The number of hydrogen-bond donors (Lipinski definition) is 0. The molecule has 2 nitrogen and oxygen atoms in total. The first kappa shape index (κ1) is 15.9. The lowest BCUT2D eigenvalue weighted by atomic mass is 10.0. The number of ether oxygens (including phenoxy) is 1. The van der Waals surface area contributed by atoms with Crippen LogP contribution in [0, 0.1) is 0 Å². The molecule has 2 aromatic carbocycles. The van der Waals surface area contributed by atoms with E-state index < -0.39 is 0 Å². The molecule has 0 aliphatic heterocycles. The molecule has 2 aromatic rings. The van der Waals surface area contributed by atoms with Crippen molar-refractivity contribution in [2.24, 2.45) is 0 Å². The summed E-state index contributed by atoms with van der Waals surface area (Å²) >= 11 is 5.73. The van der Waals surface area contributed by atoms with Crippen molar-refractivity contribution in [1.82, 2.24) is 4.90 Å². The smallest absolute Gasteiger partial charge is 0.122 e. The fourth-order valence-corrected chi connectivity index (χ4v) is 2.46. The third kappa shape index (κ3) is 5.41. The average molecular weight is 304 g/mol. The maximum atomic E-state index is 5.94. The zero-order valence-electron chi connectivity index (χ0n) is 12.5. The Kier molecular flexibility index (Phi) is 6.58. The number of rotatable bonds is 8. The number of likely N-dealkylation sites (N-methyl/N-ethyl adjacent to an activating group) is 1. The summed E-state index contributed by atoms with van der Waals surface area (Å²) in [5.74, 6) is 1.63. The Balaban J connectivity index is 1.94. The largest absolute Gasteiger partial charge is 0.492 e. The van der Waals surface area contributed by atoms with Crippen molar-refractivity contribution in [3.63, 3.8) is 0 Å². The van der Waals surface area contributed by atoms with Crippen LogP contribution in [0.25, 0.3) is 0 Å². The summed E-state index contributed by atoms with van der Waals surface area (Å²) in [5.41, 5.74) is 2.52. The number of halogens is 1. The van der Waals surface area contributed by atoms with Gasteiger partial charge >= 0.3 is 0 Å². The van der Waals surface area contributed by atoms with E-state index in [-0.39, 0.29) is 0 Å². The van der Waals surface area contributed by atoms with Crippen molar-refractivity contribution in [2.45, 2.75) is 6.42 Å². The zero-order chi connectivity index (χ0) is 14.9. The van der Waals surface area contributed by atoms with Gasteiger partial charge in [0, 0.05) is 25.4 Å². The molecule has 21 heavy (non-hydrogen) atoms. The molecule has 0 aromatic heterocycles. The quantitative estimate of drug-likeness (QED) is 0.687. The normalized spacial score (nSPS) is 10.8. The lowest BCUT2D eigenvalue weighted by Crippen LogP contribution is -2.26. The summed E-state index contributed by atoms with van der Waals surface area (Å²) in [4.78, 5) is 2.17. The minimum Gasteiger partial charge on any atom is -0.492 e. The van der Waals surface area contributed by atoms with E-state index in [0.717, 1.165) is 25.3 Å². The molecule has 0 radical (unpaired) electrons. The number of alkyl halides is 1. The number of para-hydroxylation sites is 1. The van der Waals surface area contributed by atoms with E-state index in [1.165, 1.54) is 11.1 Å². The van der Waals surface area contributed by atoms with Gasteiger partial charge in [-0.1, -0.05) is 48.5 Å². The molecule has 3 heteroatoms. The highest BCUT2D eigenvalue weighted by molar-refractivity contribution is 6.18. The minimum atomic E-state index is 0.654. The standard InChI is InChI=1S/C18H22ClNO/c1-20(12-11-19)13-14-21-18-10-6-5-9-17(18)15-16-7-3-2-4-8-16/h2-10H,11-15H2,1H3. The first-order chi connectivity index (χ1) is 10.3. The highest BCUT2D eigenvalue weighted by atomic mass is 35.5. The van der Waals surface area contributed by atoms with Gasteiger partial charge in [0.2, 0.25) is 0 Å². The number of nitrogens with zero attached hydrogens (tertiary/aromatic N) is 1. The van der Waals surface area contributed by atoms with Crippen molar-refractivity contribution < 1.29 is 4.74 Å². The summed E-state index contributed by atoms with van der Waals surface area (Å²) in [6.45, 7) is 2.45. The molecule has 0 saturated carbocycles. The summed E-state index contributed by atoms with van der Waals surface area (Å²) in [5, 5.41) is 0. The molecule has 0 atom stereocenters. The van der Waals surface area contributed by atoms with Crippen LogP contribution in [0.5, 0.6) is 5.75 Å². The van der Waals surface area contributed by atoms with Gasteiger partial charge in [-0.05, 0) is 24.2 Å². The average Bonchev–Trinajstić information content (AvgIpc) is 2.50. The van der Waals surface area contributed by atoms with Gasteiger partial charge < -0.3 is 9.64 Å². The van der Waals surface area contributed by atoms with Gasteiger partial charge in [0.15, 0.2) is 0 Å². The summed E-state index contributed by atoms with van der Waals surface area (Å²) in [6, 6.07) is 18.7. The highest BCUT2D eigenvalue weighted by Crippen LogP contribution is 2.21. The summed E-state index contributed by atoms with van der Waals surface area (Å²) in [7, 11) is 2.06. The van der Waals surface area contributed by atoms with Crippen LogP contribution < -0.4 is 4.74 Å². The molecule has 0 spiro atoms. The molecule has 0 saturated heterocycles. The molecule has 0 aliphatic carbocycles. The maximum Gasteiger partial charge on any atom is 0.122 e. The topological polar surface area (TPSA) is 12.5 Å². The maximum absolute atomic E-state index is 5.94. The fraction of sp³-hybridized carbons (Fsp3) is 0.333. The van der Waals surface area contributed by atoms with Crippen LogP contribution in [0.4, 0.5) is 0 Å². The molecule has 0 fully saturated rings. The van der Waals surface area contributed by atoms with E-state index in [1.54, 1.807) is 0 Å². The predicted molar refractivity (Wildman–Crippen MR) is 89.4 cm³/mol. The Morgan fingerprint density at radius 3 is 2.43 bits per heavy atom. The lowest BCUT2D eigenvalue weighted by molar-refractivity contribution is 0.243. The number of benzene rings is 2. The van der Waals surface area contributed by atoms with Gasteiger partial charge in [0.25, 0.3) is 0 Å². The van der Waals surface area contributed by atoms with Gasteiger partial charge in [-0.15, -0.1) is 11.6 Å². The van der Waals surface area contributed by atoms with E-state index >= 15 is 0 Å². The molecule has 2 rings (SSSR count). The molecule has 0 unspecified atom stereocenters. The van der Waals surface area contributed by atoms with Crippen molar-refractivity contribution in [3.8, 4) is 5.75 Å². The first-order valence-electron chi connectivity index (χ1n) is 7.28. The van der Waals surface area contributed by atoms with Crippen LogP contribution in [0.2, 0.25) is 0 Å². The Hall–Kier alpha value is -1.51. The summed E-state index contributed by atoms with van der Waals surface area (Å²) < 4.78 is 5.94. The molecule has 0 bridgehead atoms. The molecule has 0 N–H and O–H groups in total. The van der Waals surface area contributed by atoms with Gasteiger partial charge in [0.1, 0.15) is 12.4 Å². The zero-order valence-corrected chi connectivity index (χ0v) is 13.2. The Labute approximate surface area is 132 Å². The SMILES string of the molecule is CN(CCCl)CCOc1ccccc1Cc1ccccc1. The predicted octanol–water partition coefficient (Wildman–Crippen LogP) is 3.83. The van der Waals surface area contributed by atoms with Crippen LogP contribution in [0.15, 0.2) is 54.6 Å². The molecule has 0 amide bonds. The minimum absolute atomic E-state index is 0.654. The summed E-state index contributed by atoms with van der Waals surface area (Å²) in [6.07, 6.45) is 0.897. The van der Waals surface area contributed by atoms with E-state index in [2.05, 4.69) is 48.3 Å². The van der Waals surface area contributed by atoms with Crippen molar-refractivity contribution in [2.75, 3.05) is 32.6 Å². The lowest BCUT2D eigenvalue weighted by Gasteiger charge is -2.16. The van der Waals surface area contributed by atoms with E-state index in [1.807, 2.05) is 18.2 Å². The van der Waals surface area contributed by atoms with Gasteiger partial charge in [-0.3, -0.25) is 0 Å². The fourth-order valence-electron chi connectivity index (χ4n) is 2.17. The second kappa shape index (κ2) is 8.71. The van der Waals surface area contributed by atoms with E-state index in [4.69, 9.17) is 16.3 Å². The van der Waals surface area contributed by atoms with Crippen LogP contribution in [0.1, 0.15) is 11.1 Å². The Bertz CT molecular complexity index is 530. The molecule has 0 aliphatic rings. The van der Waals surface area contributed by atoms with Gasteiger partial charge in [-0.2, -0.15) is 0 Å². The monoisotopic (exact) mass is 303 g/mol. The van der Waals surface area contributed by atoms with Crippen molar-refractivity contribution >= 4 is 11.6 Å². The second-order valence-corrected chi connectivity index (χ2v) is 5.49.